The summed E-state index contributed by atoms with van der Waals surface area (Å²) < 4.78 is 2.02. The summed E-state index contributed by atoms with van der Waals surface area (Å²) >= 11 is 12.0. The van der Waals surface area contributed by atoms with Crippen molar-refractivity contribution in [1.29, 1.82) is 0 Å². The average molecular weight is 431 g/mol. The van der Waals surface area contributed by atoms with E-state index in [1.807, 2.05) is 35.9 Å². The number of hydrogen-bond acceptors (Lipinski definition) is 3. The van der Waals surface area contributed by atoms with Gasteiger partial charge < -0.3 is 14.8 Å². The number of benzene rings is 2. The fourth-order valence-electron chi connectivity index (χ4n) is 3.67. The van der Waals surface area contributed by atoms with Crippen molar-refractivity contribution in [3.63, 3.8) is 0 Å². The Morgan fingerprint density at radius 3 is 2.76 bits per heavy atom. The van der Waals surface area contributed by atoms with Crippen LogP contribution in [0.4, 0.5) is 5.69 Å². The van der Waals surface area contributed by atoms with Crippen LogP contribution in [0.5, 0.6) is 0 Å². The molecule has 1 aromatic heterocycles. The highest BCUT2D eigenvalue weighted by Gasteiger charge is 2.37. The van der Waals surface area contributed by atoms with Crippen LogP contribution in [-0.2, 0) is 23.1 Å². The first-order valence-corrected chi connectivity index (χ1v) is 10.2. The van der Waals surface area contributed by atoms with Crippen LogP contribution >= 0.6 is 23.2 Å². The molecule has 29 heavy (non-hydrogen) atoms. The minimum absolute atomic E-state index is 0.219. The Hall–Kier alpha value is -2.57. The highest BCUT2D eigenvalue weighted by molar-refractivity contribution is 6.42. The summed E-state index contributed by atoms with van der Waals surface area (Å²) in [6, 6.07) is 12.9. The molecule has 1 atom stereocenters. The van der Waals surface area contributed by atoms with Crippen LogP contribution in [0.3, 0.4) is 0 Å². The maximum atomic E-state index is 12.7. The third-order valence-electron chi connectivity index (χ3n) is 5.26. The predicted octanol–water partition coefficient (Wildman–Crippen LogP) is 3.59. The van der Waals surface area contributed by atoms with Crippen LogP contribution in [0.2, 0.25) is 10.0 Å². The van der Waals surface area contributed by atoms with E-state index < -0.39 is 5.92 Å². The number of aromatic nitrogens is 2. The van der Waals surface area contributed by atoms with Gasteiger partial charge in [0, 0.05) is 32.2 Å². The molecule has 3 aromatic rings. The maximum absolute atomic E-state index is 12.7. The zero-order valence-electron chi connectivity index (χ0n) is 15.9. The first-order valence-electron chi connectivity index (χ1n) is 9.40. The van der Waals surface area contributed by atoms with Crippen molar-refractivity contribution in [3.8, 4) is 0 Å². The number of carbonyl (C=O) groups is 2. The monoisotopic (exact) mass is 430 g/mol. The average Bonchev–Trinajstić information content (AvgIpc) is 3.25. The van der Waals surface area contributed by atoms with Crippen molar-refractivity contribution >= 4 is 51.7 Å². The molecule has 150 valence electrons. The molecule has 0 aliphatic carbocycles. The van der Waals surface area contributed by atoms with Crippen LogP contribution in [0, 0.1) is 5.92 Å². The standard InChI is InChI=1S/C21H20Cl2N4O2/c1-26-18-5-3-2-4-17(18)25-19(26)8-10-24-20(28)14-9-11-27(21(14)29)13-6-7-15(22)16(23)12-13/h2-7,12,14H,8-11H2,1H3,(H,24,28). The van der Waals surface area contributed by atoms with Crippen molar-refractivity contribution in [2.24, 2.45) is 13.0 Å². The van der Waals surface area contributed by atoms with Gasteiger partial charge in [-0.3, -0.25) is 9.59 Å². The summed E-state index contributed by atoms with van der Waals surface area (Å²) in [7, 11) is 1.96. The second-order valence-corrected chi connectivity index (χ2v) is 7.86. The number of imidazole rings is 1. The topological polar surface area (TPSA) is 67.2 Å². The van der Waals surface area contributed by atoms with Crippen molar-refractivity contribution in [2.75, 3.05) is 18.0 Å². The second kappa shape index (κ2) is 8.05. The number of fused-ring (bicyclic) bond motifs is 1. The van der Waals surface area contributed by atoms with Gasteiger partial charge in [0.05, 0.1) is 21.1 Å². The fraction of sp³-hybridized carbons (Fsp3) is 0.286. The lowest BCUT2D eigenvalue weighted by Crippen LogP contribution is -2.37. The third-order valence-corrected chi connectivity index (χ3v) is 6.00. The molecule has 1 aliphatic rings. The summed E-state index contributed by atoms with van der Waals surface area (Å²) in [5.74, 6) is -0.272. The molecule has 1 aliphatic heterocycles. The highest BCUT2D eigenvalue weighted by atomic mass is 35.5. The molecule has 1 fully saturated rings. The van der Waals surface area contributed by atoms with Gasteiger partial charge in [-0.2, -0.15) is 0 Å². The molecule has 0 bridgehead atoms. The van der Waals surface area contributed by atoms with Gasteiger partial charge in [0.25, 0.3) is 0 Å². The number of nitrogens with one attached hydrogen (secondary N) is 1. The molecular formula is C21H20Cl2N4O2. The number of hydrogen-bond donors (Lipinski definition) is 1. The molecule has 0 spiro atoms. The Kier molecular flexibility index (Phi) is 5.48. The van der Waals surface area contributed by atoms with E-state index in [1.54, 1.807) is 23.1 Å². The molecule has 2 amide bonds. The molecule has 4 rings (SSSR count). The van der Waals surface area contributed by atoms with E-state index in [9.17, 15) is 9.59 Å². The van der Waals surface area contributed by atoms with Gasteiger partial charge >= 0.3 is 0 Å². The number of aryl methyl sites for hydroxylation is 1. The molecular weight excluding hydrogens is 411 g/mol. The first kappa shape index (κ1) is 19.7. The van der Waals surface area contributed by atoms with Crippen molar-refractivity contribution in [1.82, 2.24) is 14.9 Å². The maximum Gasteiger partial charge on any atom is 0.239 e. The lowest BCUT2D eigenvalue weighted by atomic mass is 10.1. The number of rotatable bonds is 5. The molecule has 8 heteroatoms. The molecule has 6 nitrogen and oxygen atoms in total. The van der Waals surface area contributed by atoms with Gasteiger partial charge in [0.2, 0.25) is 11.8 Å². The van der Waals surface area contributed by atoms with Crippen molar-refractivity contribution in [3.05, 3.63) is 58.3 Å². The van der Waals surface area contributed by atoms with Crippen LogP contribution in [0.25, 0.3) is 11.0 Å². The number of halogens is 2. The van der Waals surface area contributed by atoms with Crippen LogP contribution in [-0.4, -0.2) is 34.5 Å². The molecule has 1 N–H and O–H groups in total. The van der Waals surface area contributed by atoms with E-state index in [4.69, 9.17) is 23.2 Å². The van der Waals surface area contributed by atoms with Gasteiger partial charge in [-0.15, -0.1) is 0 Å². The highest BCUT2D eigenvalue weighted by Crippen LogP contribution is 2.31. The Morgan fingerprint density at radius 1 is 1.21 bits per heavy atom. The number of anilines is 1. The van der Waals surface area contributed by atoms with E-state index >= 15 is 0 Å². The van der Waals surface area contributed by atoms with Crippen LogP contribution < -0.4 is 10.2 Å². The predicted molar refractivity (Wildman–Crippen MR) is 114 cm³/mol. The Morgan fingerprint density at radius 2 is 2.00 bits per heavy atom. The summed E-state index contributed by atoms with van der Waals surface area (Å²) in [4.78, 5) is 31.5. The molecule has 2 aromatic carbocycles. The Labute approximate surface area is 178 Å². The van der Waals surface area contributed by atoms with E-state index in [0.29, 0.717) is 41.7 Å². The molecule has 1 unspecified atom stereocenters. The quantitative estimate of drug-likeness (QED) is 0.628. The molecule has 1 saturated heterocycles. The summed E-state index contributed by atoms with van der Waals surface area (Å²) in [5.41, 5.74) is 2.64. The van der Waals surface area contributed by atoms with E-state index in [2.05, 4.69) is 10.3 Å². The third kappa shape index (κ3) is 3.82. The van der Waals surface area contributed by atoms with E-state index in [1.165, 1.54) is 0 Å². The van der Waals surface area contributed by atoms with E-state index in [-0.39, 0.29) is 11.8 Å². The normalized spacial score (nSPS) is 16.6. The lowest BCUT2D eigenvalue weighted by molar-refractivity contribution is -0.132. The minimum Gasteiger partial charge on any atom is -0.355 e. The van der Waals surface area contributed by atoms with Crippen molar-refractivity contribution < 1.29 is 9.59 Å². The van der Waals surface area contributed by atoms with Crippen molar-refractivity contribution in [2.45, 2.75) is 12.8 Å². The fourth-order valence-corrected chi connectivity index (χ4v) is 3.96. The van der Waals surface area contributed by atoms with Gasteiger partial charge in [0.15, 0.2) is 0 Å². The SMILES string of the molecule is Cn1c(CCNC(=O)C2CCN(c3ccc(Cl)c(Cl)c3)C2=O)nc2ccccc21. The lowest BCUT2D eigenvalue weighted by Gasteiger charge is -2.17. The number of amides is 2. The zero-order chi connectivity index (χ0) is 20.5. The Bertz CT molecular complexity index is 1100. The van der Waals surface area contributed by atoms with Crippen LogP contribution in [0.15, 0.2) is 42.5 Å². The molecule has 2 heterocycles. The Balaban J connectivity index is 1.37. The summed E-state index contributed by atoms with van der Waals surface area (Å²) in [5, 5.41) is 3.69. The minimum atomic E-state index is -0.690. The van der Waals surface area contributed by atoms with Gasteiger partial charge in [-0.05, 0) is 36.8 Å². The van der Waals surface area contributed by atoms with Crippen LogP contribution in [0.1, 0.15) is 12.2 Å². The second-order valence-electron chi connectivity index (χ2n) is 7.05. The molecule has 0 saturated carbocycles. The largest absolute Gasteiger partial charge is 0.355 e. The zero-order valence-corrected chi connectivity index (χ0v) is 17.4. The van der Waals surface area contributed by atoms with Gasteiger partial charge in [0.1, 0.15) is 11.7 Å². The van der Waals surface area contributed by atoms with Gasteiger partial charge in [-0.25, -0.2) is 4.98 Å². The summed E-state index contributed by atoms with van der Waals surface area (Å²) in [6.45, 7) is 0.895. The number of para-hydroxylation sites is 2. The first-order chi connectivity index (χ1) is 14.0. The van der Waals surface area contributed by atoms with E-state index in [0.717, 1.165) is 16.9 Å². The van der Waals surface area contributed by atoms with Gasteiger partial charge in [-0.1, -0.05) is 35.3 Å². The molecule has 0 radical (unpaired) electrons. The summed E-state index contributed by atoms with van der Waals surface area (Å²) in [6.07, 6.45) is 1.06. The smallest absolute Gasteiger partial charge is 0.239 e. The number of nitrogens with zero attached hydrogens (tertiary/aromatic N) is 3. The number of carbonyl (C=O) groups excluding carboxylic acids is 2.